The Morgan fingerprint density at radius 1 is 1.65 bits per heavy atom. The van der Waals surface area contributed by atoms with Gasteiger partial charge in [0, 0.05) is 6.20 Å². The Labute approximate surface area is 102 Å². The molecule has 3 nitrogen and oxygen atoms in total. The minimum absolute atomic E-state index is 0.0739. The lowest BCUT2D eigenvalue weighted by Crippen LogP contribution is -2.39. The second-order valence-electron chi connectivity index (χ2n) is 4.95. The zero-order chi connectivity index (χ0) is 12.4. The third-order valence-electron chi connectivity index (χ3n) is 3.89. The summed E-state index contributed by atoms with van der Waals surface area (Å²) in [4.78, 5) is 16.7. The van der Waals surface area contributed by atoms with E-state index in [4.69, 9.17) is 5.73 Å². The van der Waals surface area contributed by atoms with Gasteiger partial charge >= 0.3 is 0 Å². The van der Waals surface area contributed by atoms with Gasteiger partial charge in [-0.2, -0.15) is 0 Å². The van der Waals surface area contributed by atoms with Crippen molar-refractivity contribution < 1.29 is 4.79 Å². The lowest BCUT2D eigenvalue weighted by Gasteiger charge is -2.20. The number of rotatable bonds is 4. The van der Waals surface area contributed by atoms with Gasteiger partial charge in [-0.15, -0.1) is 0 Å². The minimum Gasteiger partial charge on any atom is -0.321 e. The standard InChI is InChI=1S/C14H20N2O/c1-3-9(2)12(15)14(17)11-7-6-10-5-4-8-16-13(10)11/h4-5,8-9,11-12H,3,6-7,15H2,1-2H3. The molecular weight excluding hydrogens is 212 g/mol. The molecule has 2 rings (SSSR count). The summed E-state index contributed by atoms with van der Waals surface area (Å²) in [7, 11) is 0. The van der Waals surface area contributed by atoms with Crippen molar-refractivity contribution in [3.8, 4) is 0 Å². The van der Waals surface area contributed by atoms with E-state index in [9.17, 15) is 4.79 Å². The van der Waals surface area contributed by atoms with E-state index in [1.807, 2.05) is 13.0 Å². The first-order valence-corrected chi connectivity index (χ1v) is 6.38. The average Bonchev–Trinajstić information content (AvgIpc) is 2.79. The lowest BCUT2D eigenvalue weighted by atomic mass is 9.88. The molecule has 0 aliphatic heterocycles. The van der Waals surface area contributed by atoms with Gasteiger partial charge < -0.3 is 5.73 Å². The maximum atomic E-state index is 12.3. The molecule has 0 amide bonds. The summed E-state index contributed by atoms with van der Waals surface area (Å²) in [6.07, 6.45) is 4.52. The topological polar surface area (TPSA) is 56.0 Å². The van der Waals surface area contributed by atoms with Crippen LogP contribution in [0, 0.1) is 5.92 Å². The molecule has 92 valence electrons. The van der Waals surface area contributed by atoms with Crippen molar-refractivity contribution in [1.82, 2.24) is 4.98 Å². The summed E-state index contributed by atoms with van der Waals surface area (Å²) in [6, 6.07) is 3.64. The van der Waals surface area contributed by atoms with Crippen LogP contribution >= 0.6 is 0 Å². The van der Waals surface area contributed by atoms with Gasteiger partial charge in [0.25, 0.3) is 0 Å². The van der Waals surface area contributed by atoms with Gasteiger partial charge in [0.05, 0.1) is 17.7 Å². The van der Waals surface area contributed by atoms with Crippen molar-refractivity contribution in [3.63, 3.8) is 0 Å². The predicted octanol–water partition coefficient (Wildman–Crippen LogP) is 2.05. The number of aryl methyl sites for hydroxylation is 1. The number of aromatic nitrogens is 1. The van der Waals surface area contributed by atoms with Gasteiger partial charge in [0.2, 0.25) is 0 Å². The Morgan fingerprint density at radius 2 is 2.41 bits per heavy atom. The highest BCUT2D eigenvalue weighted by Gasteiger charge is 2.34. The van der Waals surface area contributed by atoms with Crippen molar-refractivity contribution in [2.75, 3.05) is 0 Å². The number of nitrogens with two attached hydrogens (primary N) is 1. The third kappa shape index (κ3) is 2.25. The fraction of sp³-hybridized carbons (Fsp3) is 0.571. The second kappa shape index (κ2) is 4.96. The summed E-state index contributed by atoms with van der Waals surface area (Å²) in [5, 5.41) is 0. The van der Waals surface area contributed by atoms with Crippen LogP contribution in [0.3, 0.4) is 0 Å². The molecule has 0 fully saturated rings. The van der Waals surface area contributed by atoms with Crippen molar-refractivity contribution in [1.29, 1.82) is 0 Å². The summed E-state index contributed by atoms with van der Waals surface area (Å²) >= 11 is 0. The fourth-order valence-electron chi connectivity index (χ4n) is 2.46. The lowest BCUT2D eigenvalue weighted by molar-refractivity contribution is -0.122. The van der Waals surface area contributed by atoms with E-state index in [1.54, 1.807) is 6.20 Å². The Balaban J connectivity index is 2.18. The molecule has 2 N–H and O–H groups in total. The van der Waals surface area contributed by atoms with Crippen LogP contribution in [0.2, 0.25) is 0 Å². The van der Waals surface area contributed by atoms with Crippen LogP contribution in [0.25, 0.3) is 0 Å². The van der Waals surface area contributed by atoms with Gasteiger partial charge in [-0.25, -0.2) is 0 Å². The molecule has 1 aliphatic rings. The van der Waals surface area contributed by atoms with Crippen molar-refractivity contribution >= 4 is 5.78 Å². The van der Waals surface area contributed by atoms with Crippen LogP contribution in [0.4, 0.5) is 0 Å². The molecule has 1 aromatic heterocycles. The van der Waals surface area contributed by atoms with Crippen LogP contribution in [0.15, 0.2) is 18.3 Å². The molecule has 0 saturated carbocycles. The number of carbonyl (C=O) groups excluding carboxylic acids is 1. The number of carbonyl (C=O) groups is 1. The molecule has 0 radical (unpaired) electrons. The SMILES string of the molecule is CCC(C)C(N)C(=O)C1CCc2cccnc21. The molecule has 3 unspecified atom stereocenters. The number of ketones is 1. The zero-order valence-electron chi connectivity index (χ0n) is 10.5. The van der Waals surface area contributed by atoms with Crippen LogP contribution in [-0.4, -0.2) is 16.8 Å². The first-order valence-electron chi connectivity index (χ1n) is 6.38. The highest BCUT2D eigenvalue weighted by Crippen LogP contribution is 2.33. The number of hydrogen-bond acceptors (Lipinski definition) is 3. The molecule has 1 aliphatic carbocycles. The first-order chi connectivity index (χ1) is 8.15. The highest BCUT2D eigenvalue weighted by molar-refractivity contribution is 5.91. The van der Waals surface area contributed by atoms with Crippen molar-refractivity contribution in [2.24, 2.45) is 11.7 Å². The quantitative estimate of drug-likeness (QED) is 0.864. The number of hydrogen-bond donors (Lipinski definition) is 1. The maximum absolute atomic E-state index is 12.3. The summed E-state index contributed by atoms with van der Waals surface area (Å²) in [5.74, 6) is 0.335. The molecule has 0 aromatic carbocycles. The summed E-state index contributed by atoms with van der Waals surface area (Å²) in [6.45, 7) is 4.11. The molecule has 3 atom stereocenters. The fourth-order valence-corrected chi connectivity index (χ4v) is 2.46. The number of Topliss-reactive ketones (excluding diaryl/α,β-unsaturated/α-hetero) is 1. The van der Waals surface area contributed by atoms with Crippen LogP contribution < -0.4 is 5.73 Å². The molecule has 3 heteroatoms. The number of pyridine rings is 1. The van der Waals surface area contributed by atoms with Crippen molar-refractivity contribution in [3.05, 3.63) is 29.6 Å². The number of nitrogens with zero attached hydrogens (tertiary/aromatic N) is 1. The minimum atomic E-state index is -0.349. The molecule has 0 spiro atoms. The summed E-state index contributed by atoms with van der Waals surface area (Å²) in [5.41, 5.74) is 8.20. The van der Waals surface area contributed by atoms with E-state index in [1.165, 1.54) is 5.56 Å². The highest BCUT2D eigenvalue weighted by atomic mass is 16.1. The third-order valence-corrected chi connectivity index (χ3v) is 3.89. The maximum Gasteiger partial charge on any atom is 0.158 e. The molecular formula is C14H20N2O. The van der Waals surface area contributed by atoms with E-state index in [2.05, 4.69) is 18.0 Å². The van der Waals surface area contributed by atoms with Gasteiger partial charge in [-0.05, 0) is 30.4 Å². The predicted molar refractivity (Wildman–Crippen MR) is 67.7 cm³/mol. The van der Waals surface area contributed by atoms with Gasteiger partial charge in [0.15, 0.2) is 5.78 Å². The summed E-state index contributed by atoms with van der Waals surface area (Å²) < 4.78 is 0. The Morgan fingerprint density at radius 3 is 3.12 bits per heavy atom. The second-order valence-corrected chi connectivity index (χ2v) is 4.95. The van der Waals surface area contributed by atoms with Crippen LogP contribution in [-0.2, 0) is 11.2 Å². The largest absolute Gasteiger partial charge is 0.321 e. The van der Waals surface area contributed by atoms with E-state index in [0.29, 0.717) is 0 Å². The van der Waals surface area contributed by atoms with Gasteiger partial charge in [-0.3, -0.25) is 9.78 Å². The zero-order valence-corrected chi connectivity index (χ0v) is 10.5. The molecule has 17 heavy (non-hydrogen) atoms. The van der Waals surface area contributed by atoms with Gasteiger partial charge in [0.1, 0.15) is 0 Å². The normalized spacial score (nSPS) is 21.9. The Bertz CT molecular complexity index is 416. The van der Waals surface area contributed by atoms with Gasteiger partial charge in [-0.1, -0.05) is 26.3 Å². The average molecular weight is 232 g/mol. The molecule has 0 bridgehead atoms. The van der Waals surface area contributed by atoms with Crippen LogP contribution in [0.5, 0.6) is 0 Å². The molecule has 1 aromatic rings. The van der Waals surface area contributed by atoms with E-state index >= 15 is 0 Å². The van der Waals surface area contributed by atoms with E-state index < -0.39 is 0 Å². The molecule has 0 saturated heterocycles. The molecule has 1 heterocycles. The van der Waals surface area contributed by atoms with Crippen LogP contribution in [0.1, 0.15) is 43.9 Å². The number of fused-ring (bicyclic) bond motifs is 1. The smallest absolute Gasteiger partial charge is 0.158 e. The Kier molecular flexibility index (Phi) is 3.57. The van der Waals surface area contributed by atoms with Crippen molar-refractivity contribution in [2.45, 2.75) is 45.1 Å². The monoisotopic (exact) mass is 232 g/mol. The Hall–Kier alpha value is -1.22. The van der Waals surface area contributed by atoms with E-state index in [0.717, 1.165) is 25.0 Å². The first kappa shape index (κ1) is 12.2. The van der Waals surface area contributed by atoms with E-state index in [-0.39, 0.29) is 23.7 Å².